The summed E-state index contributed by atoms with van der Waals surface area (Å²) < 4.78 is 6.92. The maximum absolute atomic E-state index is 11.8. The van der Waals surface area contributed by atoms with Crippen LogP contribution in [0, 0.1) is 0 Å². The van der Waals surface area contributed by atoms with Crippen molar-refractivity contribution in [3.8, 4) is 0 Å². The predicted octanol–water partition coefficient (Wildman–Crippen LogP) is 2.56. The number of hydrogen-bond acceptors (Lipinski definition) is 6. The van der Waals surface area contributed by atoms with E-state index >= 15 is 0 Å². The first-order chi connectivity index (χ1) is 12.1. The third kappa shape index (κ3) is 4.08. The minimum atomic E-state index is -0.527. The van der Waals surface area contributed by atoms with Gasteiger partial charge in [0.25, 0.3) is 0 Å². The van der Waals surface area contributed by atoms with E-state index in [1.165, 1.54) is 0 Å². The lowest BCUT2D eigenvalue weighted by Crippen LogP contribution is -2.40. The molecule has 1 aromatic carbocycles. The largest absolute Gasteiger partial charge is 0.447 e. The molecule has 9 heteroatoms. The van der Waals surface area contributed by atoms with Crippen molar-refractivity contribution in [1.82, 2.24) is 25.5 Å². The summed E-state index contributed by atoms with van der Waals surface area (Å²) in [4.78, 5) is 11.8. The summed E-state index contributed by atoms with van der Waals surface area (Å²) in [5.74, 6) is 0.800. The molecule has 0 bridgehead atoms. The van der Waals surface area contributed by atoms with Gasteiger partial charge in [-0.2, -0.15) is 0 Å². The van der Waals surface area contributed by atoms with Gasteiger partial charge in [-0.1, -0.05) is 24.4 Å². The lowest BCUT2D eigenvalue weighted by molar-refractivity contribution is 0.153. The summed E-state index contributed by atoms with van der Waals surface area (Å²) in [5.41, 5.74) is 0.437. The van der Waals surface area contributed by atoms with Gasteiger partial charge in [-0.15, -0.1) is 5.10 Å². The van der Waals surface area contributed by atoms with Crippen molar-refractivity contribution in [3.63, 3.8) is 0 Å². The van der Waals surface area contributed by atoms with E-state index < -0.39 is 6.09 Å². The summed E-state index contributed by atoms with van der Waals surface area (Å²) in [7, 11) is 1.93. The van der Waals surface area contributed by atoms with Crippen molar-refractivity contribution in [2.75, 3.05) is 19.0 Å². The van der Waals surface area contributed by atoms with Gasteiger partial charge < -0.3 is 10.1 Å². The first-order valence-electron chi connectivity index (χ1n) is 8.28. The number of aromatic nitrogens is 4. The SMILES string of the molecule is CNC1(c2nnnn2CCOC(=O)Nc2ccc(Cl)cc2)CCCC1. The summed E-state index contributed by atoms with van der Waals surface area (Å²) >= 11 is 5.81. The second-order valence-electron chi connectivity index (χ2n) is 6.03. The van der Waals surface area contributed by atoms with Crippen molar-refractivity contribution in [2.45, 2.75) is 37.8 Å². The topological polar surface area (TPSA) is 94.0 Å². The van der Waals surface area contributed by atoms with Gasteiger partial charge in [-0.05, 0) is 54.6 Å². The molecule has 0 radical (unpaired) electrons. The van der Waals surface area contributed by atoms with E-state index in [1.54, 1.807) is 28.9 Å². The second kappa shape index (κ2) is 7.79. The van der Waals surface area contributed by atoms with Crippen LogP contribution >= 0.6 is 11.6 Å². The maximum Gasteiger partial charge on any atom is 0.411 e. The fraction of sp³-hybridized carbons (Fsp3) is 0.500. The van der Waals surface area contributed by atoms with Crippen LogP contribution in [0.1, 0.15) is 31.5 Å². The minimum absolute atomic E-state index is 0.178. The normalized spacial score (nSPS) is 15.9. The average molecular weight is 365 g/mol. The Labute approximate surface area is 150 Å². The fourth-order valence-corrected chi connectivity index (χ4v) is 3.30. The molecule has 2 aromatic rings. The molecule has 134 valence electrons. The Bertz CT molecular complexity index is 712. The van der Waals surface area contributed by atoms with Crippen LogP contribution in [0.2, 0.25) is 5.02 Å². The lowest BCUT2D eigenvalue weighted by atomic mass is 9.97. The van der Waals surface area contributed by atoms with Crippen LogP contribution in [0.3, 0.4) is 0 Å². The van der Waals surface area contributed by atoms with Crippen molar-refractivity contribution in [1.29, 1.82) is 0 Å². The van der Waals surface area contributed by atoms with Gasteiger partial charge in [-0.3, -0.25) is 5.32 Å². The molecule has 0 saturated heterocycles. The van der Waals surface area contributed by atoms with Crippen molar-refractivity contribution in [2.24, 2.45) is 0 Å². The third-order valence-electron chi connectivity index (χ3n) is 4.52. The highest BCUT2D eigenvalue weighted by Crippen LogP contribution is 2.36. The molecule has 1 saturated carbocycles. The van der Waals surface area contributed by atoms with Crippen molar-refractivity contribution in [3.05, 3.63) is 35.1 Å². The fourth-order valence-electron chi connectivity index (χ4n) is 3.17. The Morgan fingerprint density at radius 1 is 1.32 bits per heavy atom. The zero-order chi connectivity index (χ0) is 17.7. The Hall–Kier alpha value is -2.19. The van der Waals surface area contributed by atoms with Gasteiger partial charge in [0.15, 0.2) is 5.82 Å². The molecule has 1 amide bonds. The summed E-state index contributed by atoms with van der Waals surface area (Å²) in [5, 5.41) is 18.6. The number of nitrogens with one attached hydrogen (secondary N) is 2. The maximum atomic E-state index is 11.8. The minimum Gasteiger partial charge on any atom is -0.447 e. The first kappa shape index (κ1) is 17.6. The zero-order valence-corrected chi connectivity index (χ0v) is 14.8. The van der Waals surface area contributed by atoms with Crippen LogP contribution < -0.4 is 10.6 Å². The summed E-state index contributed by atoms with van der Waals surface area (Å²) in [6, 6.07) is 6.81. The van der Waals surface area contributed by atoms with E-state index in [4.69, 9.17) is 16.3 Å². The highest BCUT2D eigenvalue weighted by atomic mass is 35.5. The highest BCUT2D eigenvalue weighted by Gasteiger charge is 2.38. The Kier molecular flexibility index (Phi) is 5.50. The lowest BCUT2D eigenvalue weighted by Gasteiger charge is -2.26. The van der Waals surface area contributed by atoms with E-state index in [0.717, 1.165) is 31.5 Å². The molecule has 25 heavy (non-hydrogen) atoms. The Morgan fingerprint density at radius 2 is 2.04 bits per heavy atom. The number of tetrazole rings is 1. The molecule has 1 aliphatic carbocycles. The number of rotatable bonds is 6. The summed E-state index contributed by atoms with van der Waals surface area (Å²) in [6.07, 6.45) is 3.77. The smallest absolute Gasteiger partial charge is 0.411 e. The molecule has 1 aliphatic rings. The second-order valence-corrected chi connectivity index (χ2v) is 6.47. The van der Waals surface area contributed by atoms with Gasteiger partial charge in [0.05, 0.1) is 12.1 Å². The number of amides is 1. The average Bonchev–Trinajstić information content (AvgIpc) is 3.26. The molecular weight excluding hydrogens is 344 g/mol. The number of nitrogens with zero attached hydrogens (tertiary/aromatic N) is 4. The molecule has 8 nitrogen and oxygen atoms in total. The monoisotopic (exact) mass is 364 g/mol. The predicted molar refractivity (Wildman–Crippen MR) is 93.4 cm³/mol. The molecule has 0 unspecified atom stereocenters. The molecular formula is C16H21ClN6O2. The number of benzene rings is 1. The molecule has 1 fully saturated rings. The highest BCUT2D eigenvalue weighted by molar-refractivity contribution is 6.30. The molecule has 0 aliphatic heterocycles. The molecule has 1 heterocycles. The van der Waals surface area contributed by atoms with E-state index in [-0.39, 0.29) is 12.1 Å². The van der Waals surface area contributed by atoms with Crippen LogP contribution in [-0.4, -0.2) is 40.0 Å². The van der Waals surface area contributed by atoms with Gasteiger partial charge in [-0.25, -0.2) is 9.48 Å². The van der Waals surface area contributed by atoms with Crippen LogP contribution in [-0.2, 0) is 16.8 Å². The van der Waals surface area contributed by atoms with Gasteiger partial charge in [0.1, 0.15) is 6.61 Å². The van der Waals surface area contributed by atoms with E-state index in [2.05, 4.69) is 26.2 Å². The van der Waals surface area contributed by atoms with E-state index in [9.17, 15) is 4.79 Å². The number of anilines is 1. The van der Waals surface area contributed by atoms with E-state index in [1.807, 2.05) is 7.05 Å². The molecule has 0 atom stereocenters. The van der Waals surface area contributed by atoms with Crippen LogP contribution in [0.25, 0.3) is 0 Å². The number of ether oxygens (including phenoxy) is 1. The van der Waals surface area contributed by atoms with Crippen molar-refractivity contribution < 1.29 is 9.53 Å². The number of carbonyl (C=O) groups excluding carboxylic acids is 1. The van der Waals surface area contributed by atoms with Gasteiger partial charge in [0.2, 0.25) is 0 Å². The zero-order valence-electron chi connectivity index (χ0n) is 14.0. The standard InChI is InChI=1S/C16H21ClN6O2/c1-18-16(8-2-3-9-16)14-20-21-22-23(14)10-11-25-15(24)19-13-6-4-12(17)5-7-13/h4-7,18H,2-3,8-11H2,1H3,(H,19,24). The first-order valence-corrected chi connectivity index (χ1v) is 8.66. The third-order valence-corrected chi connectivity index (χ3v) is 4.77. The number of carbonyl (C=O) groups is 1. The molecule has 3 rings (SSSR count). The van der Waals surface area contributed by atoms with Crippen LogP contribution in [0.4, 0.5) is 10.5 Å². The van der Waals surface area contributed by atoms with E-state index in [0.29, 0.717) is 17.3 Å². The Balaban J connectivity index is 1.53. The molecule has 1 aromatic heterocycles. The van der Waals surface area contributed by atoms with Crippen LogP contribution in [0.5, 0.6) is 0 Å². The van der Waals surface area contributed by atoms with Crippen molar-refractivity contribution >= 4 is 23.4 Å². The number of halogens is 1. The van der Waals surface area contributed by atoms with Gasteiger partial charge in [0, 0.05) is 10.7 Å². The molecule has 2 N–H and O–H groups in total. The quantitative estimate of drug-likeness (QED) is 0.818. The molecule has 0 spiro atoms. The number of hydrogen-bond donors (Lipinski definition) is 2. The Morgan fingerprint density at radius 3 is 2.72 bits per heavy atom. The van der Waals surface area contributed by atoms with Gasteiger partial charge >= 0.3 is 6.09 Å². The summed E-state index contributed by atoms with van der Waals surface area (Å²) in [6.45, 7) is 0.580. The van der Waals surface area contributed by atoms with Crippen LogP contribution in [0.15, 0.2) is 24.3 Å².